The summed E-state index contributed by atoms with van der Waals surface area (Å²) in [6.07, 6.45) is -8.50. The van der Waals surface area contributed by atoms with E-state index in [1.54, 1.807) is 0 Å². The molecule has 0 saturated carbocycles. The van der Waals surface area contributed by atoms with Crippen molar-refractivity contribution in [3.8, 4) is 0 Å². The van der Waals surface area contributed by atoms with Gasteiger partial charge in [0.25, 0.3) is 11.1 Å². The molecule has 8 atom stereocenters. The Morgan fingerprint density at radius 2 is 1.12 bits per heavy atom. The number of aliphatic hydroxyl groups is 4. The maximum absolute atomic E-state index is 14.0. The molecule has 2 aromatic rings. The molecule has 2 saturated heterocycles. The quantitative estimate of drug-likeness (QED) is 0.184. The molecule has 40 heavy (non-hydrogen) atoms. The van der Waals surface area contributed by atoms with Crippen LogP contribution in [0.1, 0.15) is 12.5 Å². The molecule has 4 heterocycles. The average Bonchev–Trinajstić information content (AvgIpc) is 3.30. The second kappa shape index (κ2) is 13.5. The highest BCUT2D eigenvalue weighted by Crippen LogP contribution is 2.39. The van der Waals surface area contributed by atoms with Gasteiger partial charge in [0.15, 0.2) is 24.8 Å². The number of ether oxygens (including phenoxy) is 4. The van der Waals surface area contributed by atoms with Gasteiger partial charge in [-0.25, -0.2) is 18.4 Å². The second-order valence-electron chi connectivity index (χ2n) is 8.18. The average molecular weight is 588 g/mol. The van der Waals surface area contributed by atoms with E-state index < -0.39 is 84.3 Å². The molecule has 0 radical (unpaired) electrons. The molecule has 0 bridgehead atoms. The van der Waals surface area contributed by atoms with Gasteiger partial charge >= 0.3 is 11.4 Å². The van der Waals surface area contributed by atoms with Gasteiger partial charge in [0, 0.05) is 38.7 Å². The van der Waals surface area contributed by atoms with Gasteiger partial charge in [0.05, 0.1) is 0 Å². The number of hydrogen-bond donors (Lipinski definition) is 6. The summed E-state index contributed by atoms with van der Waals surface area (Å²) in [5, 5.41) is 37.7. The van der Waals surface area contributed by atoms with Crippen molar-refractivity contribution in [1.82, 2.24) is 19.1 Å². The van der Waals surface area contributed by atoms with Crippen LogP contribution in [0.2, 0.25) is 0 Å². The van der Waals surface area contributed by atoms with Crippen molar-refractivity contribution >= 4 is 0 Å². The first kappa shape index (κ1) is 34.8. The van der Waals surface area contributed by atoms with Gasteiger partial charge in [-0.3, -0.25) is 28.7 Å². The van der Waals surface area contributed by atoms with Gasteiger partial charge in [-0.1, -0.05) is 0 Å². The monoisotopic (exact) mass is 588 g/mol. The topological polar surface area (TPSA) is 291 Å². The summed E-state index contributed by atoms with van der Waals surface area (Å²) < 4.78 is 49.4. The van der Waals surface area contributed by atoms with Crippen LogP contribution in [-0.4, -0.2) is 114 Å². The fourth-order valence-electron chi connectivity index (χ4n) is 3.88. The van der Waals surface area contributed by atoms with Crippen LogP contribution in [0.5, 0.6) is 0 Å². The third kappa shape index (κ3) is 6.10. The van der Waals surface area contributed by atoms with Crippen LogP contribution >= 0.6 is 0 Å². The molecule has 2 aliphatic rings. The second-order valence-corrected chi connectivity index (χ2v) is 8.18. The van der Waals surface area contributed by atoms with Crippen molar-refractivity contribution in [1.29, 1.82) is 0 Å². The highest BCUT2D eigenvalue weighted by molar-refractivity contribution is 4.98. The molecule has 20 heteroatoms. The third-order valence-corrected chi connectivity index (χ3v) is 6.07. The maximum atomic E-state index is 14.0. The number of aromatic nitrogens is 4. The minimum absolute atomic E-state index is 0. The number of alkyl halides is 2. The summed E-state index contributed by atoms with van der Waals surface area (Å²) in [4.78, 5) is 48.8. The van der Waals surface area contributed by atoms with Crippen molar-refractivity contribution in [3.05, 3.63) is 66.2 Å². The lowest BCUT2D eigenvalue weighted by Crippen LogP contribution is -2.47. The zero-order chi connectivity index (χ0) is 28.4. The van der Waals surface area contributed by atoms with Crippen LogP contribution in [-0.2, 0) is 18.9 Å². The fourth-order valence-corrected chi connectivity index (χ4v) is 3.88. The normalized spacial score (nSPS) is 32.9. The Bertz CT molecular complexity index is 1240. The van der Waals surface area contributed by atoms with Crippen LogP contribution in [0.4, 0.5) is 8.78 Å². The first-order valence-corrected chi connectivity index (χ1v) is 10.8. The SMILES string of the molecule is CO[C@]1(CO)O[C@@H](n2ccc(=O)[nH]c2=O)[C@H](F)[C@@H]1O.CO[C@]1(CO)O[C@@H](n2ccc(=O)[nH]c2=O)[C@H](F)[C@@H]1O.O.O. The summed E-state index contributed by atoms with van der Waals surface area (Å²) >= 11 is 0. The van der Waals surface area contributed by atoms with Crippen LogP contribution in [0.15, 0.2) is 43.7 Å². The van der Waals surface area contributed by atoms with E-state index >= 15 is 0 Å². The Morgan fingerprint density at radius 3 is 1.35 bits per heavy atom. The molecule has 10 N–H and O–H groups in total. The predicted molar refractivity (Wildman–Crippen MR) is 126 cm³/mol. The van der Waals surface area contributed by atoms with Gasteiger partial charge in [0.1, 0.15) is 25.4 Å². The third-order valence-electron chi connectivity index (χ3n) is 6.07. The van der Waals surface area contributed by atoms with E-state index in [4.69, 9.17) is 29.2 Å². The number of hydrogen-bond acceptors (Lipinski definition) is 12. The number of aromatic amines is 2. The van der Waals surface area contributed by atoms with E-state index in [0.717, 1.165) is 47.9 Å². The lowest BCUT2D eigenvalue weighted by molar-refractivity contribution is -0.270. The van der Waals surface area contributed by atoms with E-state index in [-0.39, 0.29) is 11.0 Å². The zero-order valence-electron chi connectivity index (χ0n) is 20.9. The largest absolute Gasteiger partial charge is 0.412 e. The number of aliphatic hydroxyl groups excluding tert-OH is 4. The summed E-state index contributed by atoms with van der Waals surface area (Å²) in [6, 6.07) is 2.02. The van der Waals surface area contributed by atoms with Gasteiger partial charge in [-0.05, 0) is 0 Å². The van der Waals surface area contributed by atoms with Crippen molar-refractivity contribution < 1.29 is 59.1 Å². The summed E-state index contributed by atoms with van der Waals surface area (Å²) in [6.45, 7) is -1.58. The Hall–Kier alpha value is -3.18. The fraction of sp³-hybridized carbons (Fsp3) is 0.600. The minimum atomic E-state index is -2.00. The molecule has 18 nitrogen and oxygen atoms in total. The smallest absolute Gasteiger partial charge is 0.330 e. The summed E-state index contributed by atoms with van der Waals surface area (Å²) in [5.41, 5.74) is -3.07. The van der Waals surface area contributed by atoms with Crippen molar-refractivity contribution in [3.63, 3.8) is 0 Å². The van der Waals surface area contributed by atoms with E-state index in [0.29, 0.717) is 0 Å². The molecular formula is C20H30F2N4O14. The molecular weight excluding hydrogens is 558 g/mol. The zero-order valence-corrected chi connectivity index (χ0v) is 20.9. The number of methoxy groups -OCH3 is 2. The van der Waals surface area contributed by atoms with Crippen molar-refractivity contribution in [2.75, 3.05) is 27.4 Å². The first-order chi connectivity index (χ1) is 17.9. The van der Waals surface area contributed by atoms with E-state index in [1.165, 1.54) is 0 Å². The van der Waals surface area contributed by atoms with E-state index in [2.05, 4.69) is 0 Å². The number of H-pyrrole nitrogens is 2. The van der Waals surface area contributed by atoms with Crippen LogP contribution in [0.25, 0.3) is 0 Å². The molecule has 2 aromatic heterocycles. The lowest BCUT2D eigenvalue weighted by Gasteiger charge is -2.27. The Balaban J connectivity index is 0.000000381. The molecule has 228 valence electrons. The molecule has 0 aliphatic carbocycles. The molecule has 4 rings (SSSR count). The number of nitrogens with zero attached hydrogens (tertiary/aromatic N) is 2. The molecule has 0 aromatic carbocycles. The molecule has 2 fully saturated rings. The summed E-state index contributed by atoms with van der Waals surface area (Å²) in [5.74, 6) is -3.89. The number of nitrogens with one attached hydrogen (secondary N) is 2. The highest BCUT2D eigenvalue weighted by atomic mass is 19.1. The van der Waals surface area contributed by atoms with Crippen molar-refractivity contribution in [2.45, 2.75) is 48.6 Å². The van der Waals surface area contributed by atoms with Gasteiger partial charge < -0.3 is 50.3 Å². The summed E-state index contributed by atoms with van der Waals surface area (Å²) in [7, 11) is 2.26. The van der Waals surface area contributed by atoms with Gasteiger partial charge in [-0.2, -0.15) is 0 Å². The van der Waals surface area contributed by atoms with Crippen LogP contribution in [0.3, 0.4) is 0 Å². The molecule has 2 aliphatic heterocycles. The van der Waals surface area contributed by atoms with Gasteiger partial charge in [-0.15, -0.1) is 0 Å². The Kier molecular flexibility index (Phi) is 11.7. The minimum Gasteiger partial charge on any atom is -0.412 e. The molecule has 0 spiro atoms. The van der Waals surface area contributed by atoms with Crippen LogP contribution < -0.4 is 22.5 Å². The number of halogens is 2. The lowest BCUT2D eigenvalue weighted by atomic mass is 10.1. The van der Waals surface area contributed by atoms with Crippen molar-refractivity contribution in [2.24, 2.45) is 0 Å². The standard InChI is InChI=1S/2C10H13FN2O6.2H2O/c2*1-18-10(4-14)7(16)6(11)8(19-10)13-3-2-5(15)12-9(13)17;;/h2*2-3,6-8,14,16H,4H2,1H3,(H,12,15,17);2*1H2/t2*6-,7+,8-,10-;;/m11../s1. The predicted octanol–water partition coefficient (Wildman–Crippen LogP) is -5.45. The van der Waals surface area contributed by atoms with E-state index in [9.17, 15) is 38.2 Å². The van der Waals surface area contributed by atoms with Crippen LogP contribution in [0, 0.1) is 0 Å². The number of rotatable bonds is 6. The van der Waals surface area contributed by atoms with E-state index in [1.807, 2.05) is 9.97 Å². The van der Waals surface area contributed by atoms with Gasteiger partial charge in [0.2, 0.25) is 11.6 Å². The Morgan fingerprint density at radius 1 is 0.800 bits per heavy atom. The first-order valence-electron chi connectivity index (χ1n) is 10.8. The molecule has 0 unspecified atom stereocenters. The molecule has 0 amide bonds. The Labute approximate surface area is 221 Å². The maximum Gasteiger partial charge on any atom is 0.330 e. The highest BCUT2D eigenvalue weighted by Gasteiger charge is 2.57.